The Morgan fingerprint density at radius 3 is 2.17 bits per heavy atom. The molecule has 0 N–H and O–H groups in total. The Balaban J connectivity index is 0.000000191. The summed E-state index contributed by atoms with van der Waals surface area (Å²) < 4.78 is 17.0. The van der Waals surface area contributed by atoms with E-state index >= 15 is 0 Å². The standard InChI is InChI=1S/C31H19N2O.C17H22NSi.Ir/c1-2-9-21(10-3-1)22-17-19-23(20-18-22)33-28-15-6-5-14-27(28)32-31(33)26-13-8-12-25-24-11-4-7-16-29(24)34-30(25)26;1-13(2)15-11-16(14-9-7-6-8-10-14)18-12-17(15)19(3,4)5;/h1-12,14-20H;6-9,11-13H,1-5H3;/q2*-1;/i;13D;. The van der Waals surface area contributed by atoms with E-state index in [4.69, 9.17) is 10.8 Å². The van der Waals surface area contributed by atoms with Crippen molar-refractivity contribution in [1.82, 2.24) is 14.5 Å². The molecule has 0 saturated carbocycles. The normalized spacial score (nSPS) is 11.9. The molecule has 0 aliphatic rings. The van der Waals surface area contributed by atoms with Crippen LogP contribution in [0.5, 0.6) is 0 Å². The molecule has 6 aromatic carbocycles. The number of nitrogens with zero attached hydrogens (tertiary/aromatic N) is 3. The quantitative estimate of drug-likeness (QED) is 0.123. The zero-order valence-corrected chi connectivity index (χ0v) is 34.4. The minimum absolute atomic E-state index is 0. The number of para-hydroxylation sites is 3. The van der Waals surface area contributed by atoms with Crippen LogP contribution in [0.4, 0.5) is 0 Å². The molecule has 0 bridgehead atoms. The molecule has 0 spiro atoms. The van der Waals surface area contributed by atoms with Crippen molar-refractivity contribution >= 4 is 46.2 Å². The van der Waals surface area contributed by atoms with Crippen LogP contribution >= 0.6 is 0 Å². The molecule has 0 aliphatic heterocycles. The van der Waals surface area contributed by atoms with Crippen molar-refractivity contribution in [2.24, 2.45) is 0 Å². The van der Waals surface area contributed by atoms with Gasteiger partial charge in [0.05, 0.1) is 30.5 Å². The van der Waals surface area contributed by atoms with Crippen LogP contribution in [0.1, 0.15) is 26.7 Å². The summed E-state index contributed by atoms with van der Waals surface area (Å²) >= 11 is 0. The van der Waals surface area contributed by atoms with Gasteiger partial charge in [-0.15, -0.1) is 54.1 Å². The molecule has 9 aromatic rings. The van der Waals surface area contributed by atoms with Gasteiger partial charge in [-0.3, -0.25) is 4.98 Å². The van der Waals surface area contributed by atoms with Crippen molar-refractivity contribution in [2.75, 3.05) is 0 Å². The first kappa shape index (κ1) is 35.6. The summed E-state index contributed by atoms with van der Waals surface area (Å²) in [6, 6.07) is 56.0. The molecule has 0 saturated heterocycles. The summed E-state index contributed by atoms with van der Waals surface area (Å²) in [5, 5.41) is 3.45. The number of hydrogen-bond donors (Lipinski definition) is 0. The number of hydrogen-bond acceptors (Lipinski definition) is 3. The maximum Gasteiger partial charge on any atom is 0.120 e. The molecule has 0 unspecified atom stereocenters. The van der Waals surface area contributed by atoms with Crippen molar-refractivity contribution in [3.05, 3.63) is 169 Å². The maximum absolute atomic E-state index is 8.44. The van der Waals surface area contributed by atoms with Gasteiger partial charge in [0.25, 0.3) is 0 Å². The Morgan fingerprint density at radius 2 is 1.43 bits per heavy atom. The molecule has 3 heterocycles. The summed E-state index contributed by atoms with van der Waals surface area (Å²) in [6.45, 7) is 10.8. The molecule has 0 fully saturated rings. The van der Waals surface area contributed by atoms with Gasteiger partial charge in [-0.1, -0.05) is 129 Å². The van der Waals surface area contributed by atoms with Gasteiger partial charge in [0.15, 0.2) is 0 Å². The largest absolute Gasteiger partial charge is 0.501 e. The van der Waals surface area contributed by atoms with Crippen LogP contribution in [0.15, 0.2) is 156 Å². The van der Waals surface area contributed by atoms with E-state index in [1.807, 2.05) is 92.8 Å². The van der Waals surface area contributed by atoms with Gasteiger partial charge in [0.2, 0.25) is 0 Å². The first-order valence-electron chi connectivity index (χ1n) is 18.5. The van der Waals surface area contributed by atoms with E-state index in [2.05, 4.69) is 114 Å². The SMILES string of the molecule is [2H]C(C)(C)c1cc(-c2[c-]cccc2)ncc1[Si](C)(C)C.[Ir].[c-]1ccc2c(oc3ccccc32)c1-c1nc2ccccc2n1-c1ccc(-c2ccccc2)cc1. The van der Waals surface area contributed by atoms with Crippen LogP contribution in [0.3, 0.4) is 0 Å². The van der Waals surface area contributed by atoms with Gasteiger partial charge >= 0.3 is 0 Å². The average Bonchev–Trinajstić information content (AvgIpc) is 3.77. The van der Waals surface area contributed by atoms with Crippen LogP contribution < -0.4 is 5.19 Å². The van der Waals surface area contributed by atoms with E-state index in [1.54, 1.807) is 0 Å². The molecule has 3 aromatic heterocycles. The molecule has 0 atom stereocenters. The van der Waals surface area contributed by atoms with E-state index in [1.165, 1.54) is 16.3 Å². The van der Waals surface area contributed by atoms with E-state index < -0.39 is 14.0 Å². The van der Waals surface area contributed by atoms with E-state index in [0.717, 1.165) is 66.9 Å². The van der Waals surface area contributed by atoms with Crippen LogP contribution in [-0.4, -0.2) is 22.6 Å². The minimum atomic E-state index is -1.50. The number of benzene rings is 6. The Morgan fingerprint density at radius 1 is 0.722 bits per heavy atom. The third-order valence-electron chi connectivity index (χ3n) is 9.59. The van der Waals surface area contributed by atoms with Crippen molar-refractivity contribution in [2.45, 2.75) is 39.4 Å². The van der Waals surface area contributed by atoms with Crippen molar-refractivity contribution in [3.8, 4) is 39.5 Å². The van der Waals surface area contributed by atoms with Gasteiger partial charge in [0.1, 0.15) is 5.58 Å². The number of rotatable bonds is 6. The summed E-state index contributed by atoms with van der Waals surface area (Å²) in [7, 11) is -1.50. The smallest absolute Gasteiger partial charge is 0.120 e. The van der Waals surface area contributed by atoms with Gasteiger partial charge < -0.3 is 14.0 Å². The summed E-state index contributed by atoms with van der Waals surface area (Å²) in [6.07, 6.45) is 1.98. The van der Waals surface area contributed by atoms with Gasteiger partial charge in [-0.05, 0) is 58.2 Å². The summed E-state index contributed by atoms with van der Waals surface area (Å²) in [5.41, 5.74) is 10.9. The second kappa shape index (κ2) is 15.5. The number of imidazole rings is 1. The van der Waals surface area contributed by atoms with Crippen LogP contribution in [-0.2, 0) is 20.1 Å². The third kappa shape index (κ3) is 7.25. The van der Waals surface area contributed by atoms with E-state index in [-0.39, 0.29) is 20.1 Å². The fourth-order valence-electron chi connectivity index (χ4n) is 6.91. The molecular weight excluding hydrogens is 855 g/mol. The second-order valence-corrected chi connectivity index (χ2v) is 19.5. The molecule has 6 heteroatoms. The molecule has 4 nitrogen and oxygen atoms in total. The number of pyridine rings is 1. The molecule has 54 heavy (non-hydrogen) atoms. The Labute approximate surface area is 333 Å². The predicted octanol–water partition coefficient (Wildman–Crippen LogP) is 12.3. The first-order chi connectivity index (χ1) is 26.1. The summed E-state index contributed by atoms with van der Waals surface area (Å²) in [4.78, 5) is 9.64. The summed E-state index contributed by atoms with van der Waals surface area (Å²) in [5.74, 6) is 0.209. The molecule has 0 amide bonds. The zero-order valence-electron chi connectivity index (χ0n) is 32.0. The fraction of sp³-hybridized carbons (Fsp3) is 0.125. The van der Waals surface area contributed by atoms with Gasteiger partial charge in [-0.2, -0.15) is 0 Å². The fourth-order valence-corrected chi connectivity index (χ4v) is 8.49. The monoisotopic (exact) mass is 897 g/mol. The van der Waals surface area contributed by atoms with Crippen LogP contribution in [0.25, 0.3) is 72.4 Å². The van der Waals surface area contributed by atoms with Crippen LogP contribution in [0.2, 0.25) is 19.6 Å². The number of fused-ring (bicyclic) bond motifs is 4. The molecule has 269 valence electrons. The van der Waals surface area contributed by atoms with E-state index in [9.17, 15) is 0 Å². The first-order valence-corrected chi connectivity index (χ1v) is 21.5. The Kier molecular flexibility index (Phi) is 10.2. The zero-order chi connectivity index (χ0) is 37.5. The van der Waals surface area contributed by atoms with Gasteiger partial charge in [-0.25, -0.2) is 0 Å². The van der Waals surface area contributed by atoms with E-state index in [0.29, 0.717) is 0 Å². The Hall–Kier alpha value is -5.39. The third-order valence-corrected chi connectivity index (χ3v) is 11.6. The van der Waals surface area contributed by atoms with Crippen LogP contribution in [0, 0.1) is 12.1 Å². The maximum atomic E-state index is 8.44. The topological polar surface area (TPSA) is 43.9 Å². The predicted molar refractivity (Wildman–Crippen MR) is 224 cm³/mol. The number of aromatic nitrogens is 3. The number of furan rings is 1. The molecule has 0 aliphatic carbocycles. The molecule has 9 rings (SSSR count). The van der Waals surface area contributed by atoms with Crippen molar-refractivity contribution in [1.29, 1.82) is 0 Å². The Bertz CT molecular complexity index is 2730. The second-order valence-electron chi connectivity index (χ2n) is 14.5. The van der Waals surface area contributed by atoms with Crippen molar-refractivity contribution < 1.29 is 25.9 Å². The van der Waals surface area contributed by atoms with Gasteiger partial charge in [0, 0.05) is 38.7 Å². The average molecular weight is 897 g/mol. The van der Waals surface area contributed by atoms with Crippen molar-refractivity contribution in [3.63, 3.8) is 0 Å². The molecular formula is C48H41IrN3OSi-2. The minimum Gasteiger partial charge on any atom is -0.501 e. The molecule has 1 radical (unpaired) electrons.